The van der Waals surface area contributed by atoms with Crippen molar-refractivity contribution in [1.29, 1.82) is 0 Å². The van der Waals surface area contributed by atoms with Crippen molar-refractivity contribution in [2.45, 2.75) is 129 Å². The summed E-state index contributed by atoms with van der Waals surface area (Å²) < 4.78 is 27.4. The fraction of sp³-hybridized carbons (Fsp3) is 0.909. The van der Waals surface area contributed by atoms with Crippen molar-refractivity contribution in [3.8, 4) is 0 Å². The van der Waals surface area contributed by atoms with E-state index in [1.807, 2.05) is 27.7 Å². The average Bonchev–Trinajstić information content (AvgIpc) is 2.49. The molecule has 0 aromatic heterocycles. The third-order valence-electron chi connectivity index (χ3n) is 5.66. The van der Waals surface area contributed by atoms with Crippen molar-refractivity contribution in [1.82, 2.24) is 0 Å². The summed E-state index contributed by atoms with van der Waals surface area (Å²) in [5.41, 5.74) is 0. The van der Waals surface area contributed by atoms with Gasteiger partial charge >= 0.3 is 0 Å². The molecule has 0 aliphatic rings. The summed E-state index contributed by atoms with van der Waals surface area (Å²) in [5.74, 6) is 0. The van der Waals surface area contributed by atoms with E-state index in [4.69, 9.17) is 8.85 Å². The van der Waals surface area contributed by atoms with Gasteiger partial charge in [-0.15, -0.1) is 0 Å². The Hall–Kier alpha value is -0.156. The normalized spacial score (nSPS) is 17.2. The zero-order valence-corrected chi connectivity index (χ0v) is 25.1. The highest BCUT2D eigenvalue weighted by molar-refractivity contribution is 7.85. The highest BCUT2D eigenvalue weighted by Crippen LogP contribution is 2.37. The molecule has 0 saturated heterocycles. The average molecular weight is 480 g/mol. The van der Waals surface area contributed by atoms with E-state index in [1.165, 1.54) is 0 Å². The summed E-state index contributed by atoms with van der Waals surface area (Å²) in [6, 6.07) is 0. The molecule has 0 aliphatic heterocycles. The van der Waals surface area contributed by atoms with Gasteiger partial charge in [0, 0.05) is 6.21 Å². The Kier molecular flexibility index (Phi) is 12.4. The SMILES string of the molecule is C[C@H](C=N[S@@](=O)C(C)(C)C)O[Si](C)(C)C(C)(C)C.C[C@H](C=O)O[Si](C)(C)C(C)(C)C. The Morgan fingerprint density at radius 3 is 1.37 bits per heavy atom. The lowest BCUT2D eigenvalue weighted by molar-refractivity contribution is -0.113. The van der Waals surface area contributed by atoms with Gasteiger partial charge in [-0.1, -0.05) is 41.5 Å². The van der Waals surface area contributed by atoms with Crippen LogP contribution in [0, 0.1) is 0 Å². The third kappa shape index (κ3) is 12.0. The molecule has 0 spiro atoms. The topological polar surface area (TPSA) is 65.0 Å². The Balaban J connectivity index is 0. The molecule has 0 radical (unpaired) electrons. The molecule has 0 amide bonds. The van der Waals surface area contributed by atoms with Crippen molar-refractivity contribution >= 4 is 40.1 Å². The molecule has 8 heteroatoms. The van der Waals surface area contributed by atoms with Crippen LogP contribution in [0.25, 0.3) is 0 Å². The second-order valence-corrected chi connectivity index (χ2v) is 23.4. The van der Waals surface area contributed by atoms with Crippen LogP contribution in [0.5, 0.6) is 0 Å². The first-order chi connectivity index (χ1) is 13.0. The first-order valence-corrected chi connectivity index (χ1v) is 17.7. The predicted octanol–water partition coefficient (Wildman–Crippen LogP) is 6.53. The molecule has 0 heterocycles. The van der Waals surface area contributed by atoms with Gasteiger partial charge in [0.25, 0.3) is 0 Å². The smallest absolute Gasteiger partial charge is 0.193 e. The molecule has 0 aliphatic carbocycles. The summed E-state index contributed by atoms with van der Waals surface area (Å²) in [5, 5.41) is 0.364. The Morgan fingerprint density at radius 1 is 0.767 bits per heavy atom. The van der Waals surface area contributed by atoms with Crippen LogP contribution in [-0.2, 0) is 24.6 Å². The molecule has 0 fully saturated rings. The van der Waals surface area contributed by atoms with Gasteiger partial charge in [0.05, 0.1) is 17.0 Å². The zero-order chi connectivity index (χ0) is 24.8. The minimum Gasteiger partial charge on any atom is -0.409 e. The minimum absolute atomic E-state index is 0.0859. The molecule has 0 aromatic carbocycles. The molecule has 5 nitrogen and oxygen atoms in total. The van der Waals surface area contributed by atoms with Gasteiger partial charge in [0.2, 0.25) is 0 Å². The minimum atomic E-state index is -1.78. The van der Waals surface area contributed by atoms with Gasteiger partial charge in [-0.3, -0.25) is 0 Å². The third-order valence-corrected chi connectivity index (χ3v) is 16.2. The summed E-state index contributed by atoms with van der Waals surface area (Å²) in [4.78, 5) is 10.4. The Morgan fingerprint density at radius 2 is 1.10 bits per heavy atom. The van der Waals surface area contributed by atoms with E-state index in [0.717, 1.165) is 6.29 Å². The predicted molar refractivity (Wildman–Crippen MR) is 138 cm³/mol. The maximum atomic E-state index is 11.8. The molecular formula is C22H49NO4SSi2. The van der Waals surface area contributed by atoms with E-state index in [1.54, 1.807) is 13.1 Å². The molecule has 0 saturated carbocycles. The van der Waals surface area contributed by atoms with Gasteiger partial charge < -0.3 is 13.6 Å². The molecule has 30 heavy (non-hydrogen) atoms. The molecule has 180 valence electrons. The maximum Gasteiger partial charge on any atom is 0.193 e. The summed E-state index contributed by atoms with van der Waals surface area (Å²) in [7, 11) is -4.70. The highest BCUT2D eigenvalue weighted by atomic mass is 32.2. The Labute approximate surface area is 191 Å². The van der Waals surface area contributed by atoms with E-state index in [0.29, 0.717) is 0 Å². The summed E-state index contributed by atoms with van der Waals surface area (Å²) in [6.45, 7) is 31.3. The number of aldehydes is 1. The fourth-order valence-electron chi connectivity index (χ4n) is 1.64. The van der Waals surface area contributed by atoms with Crippen LogP contribution in [0.15, 0.2) is 4.40 Å². The quantitative estimate of drug-likeness (QED) is 0.237. The number of rotatable bonds is 7. The lowest BCUT2D eigenvalue weighted by atomic mass is 10.2. The van der Waals surface area contributed by atoms with E-state index >= 15 is 0 Å². The van der Waals surface area contributed by atoms with E-state index in [-0.39, 0.29) is 27.0 Å². The van der Waals surface area contributed by atoms with Gasteiger partial charge in [-0.05, 0) is 70.9 Å². The van der Waals surface area contributed by atoms with Crippen LogP contribution in [0.3, 0.4) is 0 Å². The largest absolute Gasteiger partial charge is 0.409 e. The number of hydrogen-bond donors (Lipinski definition) is 0. The molecule has 0 N–H and O–H groups in total. The van der Waals surface area contributed by atoms with Gasteiger partial charge in [-0.25, -0.2) is 4.21 Å². The Bertz CT molecular complexity index is 585. The van der Waals surface area contributed by atoms with E-state index < -0.39 is 27.6 Å². The summed E-state index contributed by atoms with van der Waals surface area (Å²) >= 11 is 0. The van der Waals surface area contributed by atoms with Crippen molar-refractivity contribution < 1.29 is 17.9 Å². The first kappa shape index (κ1) is 32.0. The molecule has 0 unspecified atom stereocenters. The van der Waals surface area contributed by atoms with Crippen LogP contribution >= 0.6 is 0 Å². The number of carbonyl (C=O) groups is 1. The van der Waals surface area contributed by atoms with Crippen LogP contribution in [0.1, 0.15) is 76.2 Å². The van der Waals surface area contributed by atoms with Crippen LogP contribution in [0.2, 0.25) is 36.3 Å². The highest BCUT2D eigenvalue weighted by Gasteiger charge is 2.39. The van der Waals surface area contributed by atoms with Gasteiger partial charge in [-0.2, -0.15) is 4.40 Å². The number of nitrogens with zero attached hydrogens (tertiary/aromatic N) is 1. The monoisotopic (exact) mass is 479 g/mol. The van der Waals surface area contributed by atoms with Crippen molar-refractivity contribution in [2.24, 2.45) is 4.40 Å². The zero-order valence-electron chi connectivity index (χ0n) is 22.3. The number of hydrogen-bond acceptors (Lipinski definition) is 4. The van der Waals surface area contributed by atoms with E-state index in [9.17, 15) is 9.00 Å². The molecule has 0 rings (SSSR count). The van der Waals surface area contributed by atoms with Crippen molar-refractivity contribution in [3.05, 3.63) is 0 Å². The lowest BCUT2D eigenvalue weighted by Crippen LogP contribution is -2.43. The van der Waals surface area contributed by atoms with Crippen LogP contribution in [0.4, 0.5) is 0 Å². The molecule has 0 bridgehead atoms. The van der Waals surface area contributed by atoms with Crippen LogP contribution < -0.4 is 0 Å². The molecule has 3 atom stereocenters. The van der Waals surface area contributed by atoms with Crippen molar-refractivity contribution in [3.63, 3.8) is 0 Å². The van der Waals surface area contributed by atoms with Crippen molar-refractivity contribution in [2.75, 3.05) is 0 Å². The molecule has 0 aromatic rings. The summed E-state index contributed by atoms with van der Waals surface area (Å²) in [6.07, 6.45) is 2.20. The van der Waals surface area contributed by atoms with E-state index in [2.05, 4.69) is 72.1 Å². The first-order valence-electron chi connectivity index (χ1n) is 10.7. The number of carbonyl (C=O) groups excluding carboxylic acids is 1. The molecular weight excluding hydrogens is 430 g/mol. The fourth-order valence-corrected chi connectivity index (χ4v) is 4.92. The van der Waals surface area contributed by atoms with Gasteiger partial charge in [0.1, 0.15) is 17.3 Å². The standard InChI is InChI=1S/C13H29NO2SSi.C9H20O2Si/c1-11(10-14-17(15)12(2,3)4)16-18(8,9)13(5,6)7;1-8(7-10)11-12(5,6)9(2,3)4/h10-11H,1-9H3;7-8H,1-6H3/t11-,17+;8-/m11/s1. The maximum absolute atomic E-state index is 11.8. The second-order valence-electron chi connectivity index (χ2n) is 11.9. The second kappa shape index (κ2) is 11.6. The lowest BCUT2D eigenvalue weighted by Gasteiger charge is -2.37. The van der Waals surface area contributed by atoms with Gasteiger partial charge in [0.15, 0.2) is 16.6 Å². The van der Waals surface area contributed by atoms with Crippen LogP contribution in [-0.4, -0.2) is 50.3 Å².